The summed E-state index contributed by atoms with van der Waals surface area (Å²) in [5.74, 6) is 0.128. The number of nitrogens with two attached hydrogens (primary N) is 1. The summed E-state index contributed by atoms with van der Waals surface area (Å²) in [5, 5.41) is 0. The van der Waals surface area contributed by atoms with Gasteiger partial charge in [0.25, 0.3) is 5.91 Å². The monoisotopic (exact) mass is 256 g/mol. The molecule has 0 aromatic rings. The van der Waals surface area contributed by atoms with E-state index in [2.05, 4.69) is 20.8 Å². The van der Waals surface area contributed by atoms with Crippen LogP contribution in [0.25, 0.3) is 0 Å². The molecule has 2 N–H and O–H groups in total. The minimum absolute atomic E-state index is 0.0419. The highest BCUT2D eigenvalue weighted by molar-refractivity contribution is 5.85. The van der Waals surface area contributed by atoms with E-state index < -0.39 is 5.60 Å². The van der Waals surface area contributed by atoms with Crippen LogP contribution in [0.15, 0.2) is 0 Å². The van der Waals surface area contributed by atoms with Crippen molar-refractivity contribution < 1.29 is 9.53 Å². The van der Waals surface area contributed by atoms with Crippen LogP contribution in [0.3, 0.4) is 0 Å². The van der Waals surface area contributed by atoms with Crippen molar-refractivity contribution in [1.82, 2.24) is 4.90 Å². The van der Waals surface area contributed by atoms with Crippen LogP contribution in [-0.2, 0) is 9.53 Å². The minimum Gasteiger partial charge on any atom is -0.365 e. The Bertz CT molecular complexity index is 284. The smallest absolute Gasteiger partial charge is 0.254 e. The van der Waals surface area contributed by atoms with Gasteiger partial charge in [0.05, 0.1) is 0 Å². The Kier molecular flexibility index (Phi) is 5.17. The Balaban J connectivity index is 2.74. The van der Waals surface area contributed by atoms with E-state index in [0.29, 0.717) is 19.7 Å². The summed E-state index contributed by atoms with van der Waals surface area (Å²) in [6, 6.07) is 0. The number of carbonyl (C=O) groups excluding carboxylic acids is 1. The van der Waals surface area contributed by atoms with Crippen molar-refractivity contribution >= 4 is 5.91 Å². The van der Waals surface area contributed by atoms with Crippen molar-refractivity contribution in [2.24, 2.45) is 11.1 Å². The average molecular weight is 256 g/mol. The second-order valence-electron chi connectivity index (χ2n) is 6.28. The maximum Gasteiger partial charge on any atom is 0.254 e. The van der Waals surface area contributed by atoms with Gasteiger partial charge in [-0.3, -0.25) is 4.79 Å². The topological polar surface area (TPSA) is 55.6 Å². The maximum atomic E-state index is 12.6. The minimum atomic E-state index is -0.611. The number of hydrogen-bond acceptors (Lipinski definition) is 3. The SMILES string of the molecule is CCCN(CC(C)(C)CN)C(=O)C1(C)CCCO1. The summed E-state index contributed by atoms with van der Waals surface area (Å²) in [5.41, 5.74) is 5.11. The highest BCUT2D eigenvalue weighted by atomic mass is 16.5. The van der Waals surface area contributed by atoms with Crippen LogP contribution in [-0.4, -0.2) is 42.6 Å². The molecule has 0 spiro atoms. The lowest BCUT2D eigenvalue weighted by Crippen LogP contribution is -2.51. The van der Waals surface area contributed by atoms with Crippen molar-refractivity contribution in [3.63, 3.8) is 0 Å². The van der Waals surface area contributed by atoms with Crippen molar-refractivity contribution in [2.45, 2.75) is 52.6 Å². The molecule has 1 amide bonds. The number of ether oxygens (including phenoxy) is 1. The zero-order chi connectivity index (χ0) is 13.8. The Morgan fingerprint density at radius 1 is 1.50 bits per heavy atom. The fourth-order valence-electron chi connectivity index (χ4n) is 2.39. The lowest BCUT2D eigenvalue weighted by atomic mass is 9.91. The summed E-state index contributed by atoms with van der Waals surface area (Å²) in [6.45, 7) is 11.0. The summed E-state index contributed by atoms with van der Waals surface area (Å²) in [6.07, 6.45) is 2.76. The van der Waals surface area contributed by atoms with Gasteiger partial charge >= 0.3 is 0 Å². The molecule has 0 aromatic heterocycles. The van der Waals surface area contributed by atoms with Crippen LogP contribution in [0.1, 0.15) is 47.0 Å². The lowest BCUT2D eigenvalue weighted by Gasteiger charge is -2.36. The van der Waals surface area contributed by atoms with E-state index >= 15 is 0 Å². The quantitative estimate of drug-likeness (QED) is 0.788. The second-order valence-corrected chi connectivity index (χ2v) is 6.28. The molecule has 1 aliphatic heterocycles. The highest BCUT2D eigenvalue weighted by Crippen LogP contribution is 2.28. The van der Waals surface area contributed by atoms with E-state index in [1.54, 1.807) is 0 Å². The molecule has 1 heterocycles. The van der Waals surface area contributed by atoms with Gasteiger partial charge in [-0.2, -0.15) is 0 Å². The zero-order valence-corrected chi connectivity index (χ0v) is 12.3. The molecule has 1 atom stereocenters. The van der Waals surface area contributed by atoms with Crippen LogP contribution in [0, 0.1) is 5.41 Å². The van der Waals surface area contributed by atoms with Crippen LogP contribution < -0.4 is 5.73 Å². The molecule has 4 heteroatoms. The highest BCUT2D eigenvalue weighted by Gasteiger charge is 2.41. The molecule has 4 nitrogen and oxygen atoms in total. The fraction of sp³-hybridized carbons (Fsp3) is 0.929. The van der Waals surface area contributed by atoms with Crippen molar-refractivity contribution in [2.75, 3.05) is 26.2 Å². The molecule has 1 fully saturated rings. The largest absolute Gasteiger partial charge is 0.365 e. The Morgan fingerprint density at radius 3 is 2.61 bits per heavy atom. The Morgan fingerprint density at radius 2 is 2.17 bits per heavy atom. The first-order valence-electron chi connectivity index (χ1n) is 6.98. The van der Waals surface area contributed by atoms with Crippen molar-refractivity contribution in [1.29, 1.82) is 0 Å². The molecule has 106 valence electrons. The molecule has 1 rings (SSSR count). The number of carbonyl (C=O) groups is 1. The third kappa shape index (κ3) is 3.69. The van der Waals surface area contributed by atoms with E-state index in [4.69, 9.17) is 10.5 Å². The normalized spacial score (nSPS) is 24.3. The van der Waals surface area contributed by atoms with Gasteiger partial charge in [-0.1, -0.05) is 20.8 Å². The Hall–Kier alpha value is -0.610. The number of nitrogens with zero attached hydrogens (tertiary/aromatic N) is 1. The third-order valence-corrected chi connectivity index (χ3v) is 3.62. The average Bonchev–Trinajstić information content (AvgIpc) is 2.76. The molecule has 0 aliphatic carbocycles. The molecule has 1 unspecified atom stereocenters. The molecule has 0 saturated carbocycles. The van der Waals surface area contributed by atoms with Crippen LogP contribution in [0.5, 0.6) is 0 Å². The molecule has 0 aromatic carbocycles. The number of rotatable bonds is 6. The molecular weight excluding hydrogens is 228 g/mol. The number of hydrogen-bond donors (Lipinski definition) is 1. The van der Waals surface area contributed by atoms with Crippen LogP contribution in [0.4, 0.5) is 0 Å². The summed E-state index contributed by atoms with van der Waals surface area (Å²) in [7, 11) is 0. The van der Waals surface area contributed by atoms with Gasteiger partial charge in [-0.05, 0) is 38.1 Å². The van der Waals surface area contributed by atoms with Gasteiger partial charge in [0.2, 0.25) is 0 Å². The summed E-state index contributed by atoms with van der Waals surface area (Å²) >= 11 is 0. The molecular formula is C14H28N2O2. The van der Waals surface area contributed by atoms with E-state index in [-0.39, 0.29) is 11.3 Å². The molecule has 0 radical (unpaired) electrons. The van der Waals surface area contributed by atoms with Gasteiger partial charge in [-0.25, -0.2) is 0 Å². The number of amides is 1. The van der Waals surface area contributed by atoms with Gasteiger partial charge < -0.3 is 15.4 Å². The second kappa shape index (κ2) is 6.02. The van der Waals surface area contributed by atoms with Crippen molar-refractivity contribution in [3.05, 3.63) is 0 Å². The van der Waals surface area contributed by atoms with E-state index in [1.807, 2.05) is 11.8 Å². The van der Waals surface area contributed by atoms with Gasteiger partial charge in [0.1, 0.15) is 5.60 Å². The van der Waals surface area contributed by atoms with Gasteiger partial charge in [0, 0.05) is 19.7 Å². The van der Waals surface area contributed by atoms with Crippen LogP contribution in [0.2, 0.25) is 0 Å². The lowest BCUT2D eigenvalue weighted by molar-refractivity contribution is -0.152. The standard InChI is InChI=1S/C14H28N2O2/c1-5-8-16(11-13(2,3)10-15)12(17)14(4)7-6-9-18-14/h5-11,15H2,1-4H3. The first kappa shape index (κ1) is 15.4. The predicted molar refractivity (Wildman–Crippen MR) is 73.3 cm³/mol. The first-order valence-corrected chi connectivity index (χ1v) is 6.98. The molecule has 1 saturated heterocycles. The predicted octanol–water partition coefficient (Wildman–Crippen LogP) is 1.78. The van der Waals surface area contributed by atoms with Gasteiger partial charge in [0.15, 0.2) is 0 Å². The van der Waals surface area contributed by atoms with E-state index in [9.17, 15) is 4.79 Å². The van der Waals surface area contributed by atoms with Gasteiger partial charge in [-0.15, -0.1) is 0 Å². The summed E-state index contributed by atoms with van der Waals surface area (Å²) < 4.78 is 5.66. The van der Waals surface area contributed by atoms with E-state index in [1.165, 1.54) is 0 Å². The third-order valence-electron chi connectivity index (χ3n) is 3.62. The maximum absolute atomic E-state index is 12.6. The Labute approximate surface area is 111 Å². The first-order chi connectivity index (χ1) is 8.34. The molecule has 0 bridgehead atoms. The van der Waals surface area contributed by atoms with E-state index in [0.717, 1.165) is 25.8 Å². The summed E-state index contributed by atoms with van der Waals surface area (Å²) in [4.78, 5) is 14.5. The van der Waals surface area contributed by atoms with Crippen LogP contribution >= 0.6 is 0 Å². The zero-order valence-electron chi connectivity index (χ0n) is 12.3. The van der Waals surface area contributed by atoms with Crippen molar-refractivity contribution in [3.8, 4) is 0 Å². The molecule has 18 heavy (non-hydrogen) atoms. The fourth-order valence-corrected chi connectivity index (χ4v) is 2.39. The molecule has 1 aliphatic rings.